The molecule has 1 aliphatic heterocycles. The number of hydrogen-bond donors (Lipinski definition) is 1. The van der Waals surface area contributed by atoms with Gasteiger partial charge in [-0.2, -0.15) is 0 Å². The molecule has 160 valence electrons. The van der Waals surface area contributed by atoms with Crippen molar-refractivity contribution in [1.29, 1.82) is 0 Å². The molecule has 2 heterocycles. The molecule has 2 aromatic carbocycles. The molecule has 1 N–H and O–H groups in total. The molecule has 0 unspecified atom stereocenters. The molecule has 6 nitrogen and oxygen atoms in total. The standard InChI is InChI=1S/C25H28N4O2/c1-16-8-5-6-11-21(16)29-13-12-20-19(14-29)25(28(4)15-22(30)31)27-24(26-20)23-17(2)9-7-10-18(23)3/h5-11H,12-15H2,1-4H3,(H,30,31). The van der Waals surface area contributed by atoms with Gasteiger partial charge in [-0.3, -0.25) is 4.79 Å². The number of para-hydroxylation sites is 1. The molecular formula is C25H28N4O2. The summed E-state index contributed by atoms with van der Waals surface area (Å²) in [6.45, 7) is 7.65. The van der Waals surface area contributed by atoms with Crippen molar-refractivity contribution in [2.45, 2.75) is 33.7 Å². The molecule has 0 saturated carbocycles. The van der Waals surface area contributed by atoms with Crippen LogP contribution < -0.4 is 9.80 Å². The number of rotatable bonds is 5. The van der Waals surface area contributed by atoms with Crippen LogP contribution in [0.25, 0.3) is 11.4 Å². The van der Waals surface area contributed by atoms with Crippen molar-refractivity contribution in [2.75, 3.05) is 29.9 Å². The second-order valence-corrected chi connectivity index (χ2v) is 8.27. The molecule has 1 aliphatic rings. The largest absolute Gasteiger partial charge is 0.480 e. The van der Waals surface area contributed by atoms with Crippen LogP contribution in [0, 0.1) is 20.8 Å². The van der Waals surface area contributed by atoms with Gasteiger partial charge < -0.3 is 14.9 Å². The van der Waals surface area contributed by atoms with E-state index < -0.39 is 5.97 Å². The summed E-state index contributed by atoms with van der Waals surface area (Å²) < 4.78 is 0. The van der Waals surface area contributed by atoms with Crippen LogP contribution in [0.3, 0.4) is 0 Å². The summed E-state index contributed by atoms with van der Waals surface area (Å²) in [5, 5.41) is 9.39. The van der Waals surface area contributed by atoms with Gasteiger partial charge in [0, 0.05) is 43.4 Å². The molecule has 0 aliphatic carbocycles. The number of anilines is 2. The van der Waals surface area contributed by atoms with E-state index in [1.165, 1.54) is 11.3 Å². The van der Waals surface area contributed by atoms with E-state index in [0.29, 0.717) is 18.2 Å². The highest BCUT2D eigenvalue weighted by atomic mass is 16.4. The van der Waals surface area contributed by atoms with Crippen LogP contribution in [0.15, 0.2) is 42.5 Å². The number of aromatic nitrogens is 2. The van der Waals surface area contributed by atoms with Gasteiger partial charge >= 0.3 is 5.97 Å². The normalized spacial score (nSPS) is 13.1. The Balaban J connectivity index is 1.83. The maximum Gasteiger partial charge on any atom is 0.323 e. The lowest BCUT2D eigenvalue weighted by atomic mass is 10.00. The number of likely N-dealkylation sites (N-methyl/N-ethyl adjacent to an activating group) is 1. The van der Waals surface area contributed by atoms with E-state index in [9.17, 15) is 9.90 Å². The lowest BCUT2D eigenvalue weighted by Gasteiger charge is -2.34. The summed E-state index contributed by atoms with van der Waals surface area (Å²) in [6.07, 6.45) is 0.790. The number of aliphatic carboxylic acids is 1. The smallest absolute Gasteiger partial charge is 0.323 e. The van der Waals surface area contributed by atoms with Crippen molar-refractivity contribution in [3.8, 4) is 11.4 Å². The van der Waals surface area contributed by atoms with Gasteiger partial charge in [-0.05, 0) is 43.5 Å². The Labute approximate surface area is 183 Å². The average molecular weight is 417 g/mol. The molecule has 3 aromatic rings. The Kier molecular flexibility index (Phi) is 5.63. The van der Waals surface area contributed by atoms with Gasteiger partial charge in [0.05, 0.1) is 5.69 Å². The summed E-state index contributed by atoms with van der Waals surface area (Å²) in [7, 11) is 1.79. The molecule has 31 heavy (non-hydrogen) atoms. The number of benzene rings is 2. The van der Waals surface area contributed by atoms with E-state index in [1.807, 2.05) is 12.1 Å². The first-order chi connectivity index (χ1) is 14.8. The first-order valence-corrected chi connectivity index (χ1v) is 10.5. The van der Waals surface area contributed by atoms with Crippen molar-refractivity contribution in [2.24, 2.45) is 0 Å². The van der Waals surface area contributed by atoms with Gasteiger partial charge in [0.2, 0.25) is 0 Å². The number of fused-ring (bicyclic) bond motifs is 1. The molecule has 0 saturated heterocycles. The van der Waals surface area contributed by atoms with Gasteiger partial charge in [-0.1, -0.05) is 36.4 Å². The summed E-state index contributed by atoms with van der Waals surface area (Å²) in [4.78, 5) is 25.4. The number of carboxylic acid groups (broad SMARTS) is 1. The maximum absolute atomic E-state index is 11.4. The van der Waals surface area contributed by atoms with Crippen molar-refractivity contribution >= 4 is 17.5 Å². The van der Waals surface area contributed by atoms with Crippen LogP contribution >= 0.6 is 0 Å². The van der Waals surface area contributed by atoms with Gasteiger partial charge in [-0.25, -0.2) is 9.97 Å². The highest BCUT2D eigenvalue weighted by molar-refractivity contribution is 5.75. The van der Waals surface area contributed by atoms with Crippen LogP contribution in [-0.4, -0.2) is 41.2 Å². The monoisotopic (exact) mass is 416 g/mol. The van der Waals surface area contributed by atoms with Crippen molar-refractivity contribution < 1.29 is 9.90 Å². The predicted octanol–water partition coefficient (Wildman–Crippen LogP) is 4.15. The Morgan fingerprint density at radius 2 is 1.71 bits per heavy atom. The molecule has 0 fully saturated rings. The van der Waals surface area contributed by atoms with Gasteiger partial charge in [0.1, 0.15) is 12.4 Å². The molecule has 4 rings (SSSR count). The number of hydrogen-bond acceptors (Lipinski definition) is 5. The fourth-order valence-electron chi connectivity index (χ4n) is 4.39. The second-order valence-electron chi connectivity index (χ2n) is 8.27. The van der Waals surface area contributed by atoms with Crippen LogP contribution in [0.2, 0.25) is 0 Å². The van der Waals surface area contributed by atoms with E-state index in [2.05, 4.69) is 56.0 Å². The first kappa shape index (κ1) is 20.8. The summed E-state index contributed by atoms with van der Waals surface area (Å²) in [5.41, 5.74) is 7.68. The Morgan fingerprint density at radius 3 is 2.39 bits per heavy atom. The summed E-state index contributed by atoms with van der Waals surface area (Å²) >= 11 is 0. The van der Waals surface area contributed by atoms with Crippen LogP contribution in [0.1, 0.15) is 27.9 Å². The molecule has 6 heteroatoms. The van der Waals surface area contributed by atoms with Gasteiger partial charge in [-0.15, -0.1) is 0 Å². The van der Waals surface area contributed by atoms with Crippen molar-refractivity contribution in [3.63, 3.8) is 0 Å². The van der Waals surface area contributed by atoms with Crippen LogP contribution in [-0.2, 0) is 17.8 Å². The van der Waals surface area contributed by atoms with E-state index in [1.54, 1.807) is 11.9 Å². The highest BCUT2D eigenvalue weighted by Crippen LogP contribution is 2.33. The Bertz CT molecular complexity index is 1120. The van der Waals surface area contributed by atoms with Crippen LogP contribution in [0.4, 0.5) is 11.5 Å². The molecular weight excluding hydrogens is 388 g/mol. The molecule has 1 aromatic heterocycles. The van der Waals surface area contributed by atoms with E-state index in [0.717, 1.165) is 40.9 Å². The maximum atomic E-state index is 11.4. The average Bonchev–Trinajstić information content (AvgIpc) is 2.72. The minimum absolute atomic E-state index is 0.111. The number of nitrogens with zero attached hydrogens (tertiary/aromatic N) is 4. The van der Waals surface area contributed by atoms with Gasteiger partial charge in [0.25, 0.3) is 0 Å². The Morgan fingerprint density at radius 1 is 1.03 bits per heavy atom. The fraction of sp³-hybridized carbons (Fsp3) is 0.320. The highest BCUT2D eigenvalue weighted by Gasteiger charge is 2.26. The number of carboxylic acids is 1. The van der Waals surface area contributed by atoms with Crippen LogP contribution in [0.5, 0.6) is 0 Å². The molecule has 0 spiro atoms. The quantitative estimate of drug-likeness (QED) is 0.674. The number of aryl methyl sites for hydroxylation is 3. The third-order valence-corrected chi connectivity index (χ3v) is 5.93. The lowest BCUT2D eigenvalue weighted by molar-refractivity contribution is -0.135. The van der Waals surface area contributed by atoms with E-state index in [4.69, 9.17) is 9.97 Å². The van der Waals surface area contributed by atoms with E-state index >= 15 is 0 Å². The first-order valence-electron chi connectivity index (χ1n) is 10.5. The minimum Gasteiger partial charge on any atom is -0.480 e. The molecule has 0 bridgehead atoms. The molecule has 0 amide bonds. The van der Waals surface area contributed by atoms with E-state index in [-0.39, 0.29) is 6.54 Å². The molecule has 0 atom stereocenters. The van der Waals surface area contributed by atoms with Crippen molar-refractivity contribution in [3.05, 3.63) is 70.4 Å². The zero-order valence-corrected chi connectivity index (χ0v) is 18.5. The fourth-order valence-corrected chi connectivity index (χ4v) is 4.39. The molecule has 0 radical (unpaired) electrons. The zero-order valence-electron chi connectivity index (χ0n) is 18.5. The van der Waals surface area contributed by atoms with Crippen molar-refractivity contribution in [1.82, 2.24) is 9.97 Å². The number of carbonyl (C=O) groups is 1. The second kappa shape index (κ2) is 8.38. The lowest BCUT2D eigenvalue weighted by Crippen LogP contribution is -2.35. The Hall–Kier alpha value is -3.41. The predicted molar refractivity (Wildman–Crippen MR) is 124 cm³/mol. The SMILES string of the molecule is Cc1ccccc1N1CCc2nc(-c3c(C)cccc3C)nc(N(C)CC(=O)O)c2C1. The van der Waals surface area contributed by atoms with Gasteiger partial charge in [0.15, 0.2) is 5.82 Å². The minimum atomic E-state index is -0.880. The summed E-state index contributed by atoms with van der Waals surface area (Å²) in [5.74, 6) is 0.490. The third kappa shape index (κ3) is 4.10. The topological polar surface area (TPSA) is 69.6 Å². The summed E-state index contributed by atoms with van der Waals surface area (Å²) in [6, 6.07) is 14.5. The third-order valence-electron chi connectivity index (χ3n) is 5.93. The zero-order chi connectivity index (χ0) is 22.1.